The Kier molecular flexibility index (Phi) is 4.43. The van der Waals surface area contributed by atoms with Crippen LogP contribution in [-0.4, -0.2) is 68.6 Å². The molecule has 1 atom stereocenters. The van der Waals surface area contributed by atoms with Gasteiger partial charge < -0.3 is 15.2 Å². The first-order valence-corrected chi connectivity index (χ1v) is 8.58. The molecule has 0 saturated carbocycles. The van der Waals surface area contributed by atoms with E-state index in [-0.39, 0.29) is 6.04 Å². The lowest BCUT2D eigenvalue weighted by molar-refractivity contribution is 0.250. The average Bonchev–Trinajstić information content (AvgIpc) is 3.13. The van der Waals surface area contributed by atoms with E-state index in [1.165, 1.54) is 0 Å². The molecule has 1 unspecified atom stereocenters. The maximum Gasteiger partial charge on any atom is 0.182 e. The van der Waals surface area contributed by atoms with Gasteiger partial charge in [0.1, 0.15) is 17.7 Å². The molecule has 2 N–H and O–H groups in total. The topological polar surface area (TPSA) is 85.9 Å². The van der Waals surface area contributed by atoms with Gasteiger partial charge in [-0.15, -0.1) is 0 Å². The summed E-state index contributed by atoms with van der Waals surface area (Å²) in [4.78, 5) is 25.0. The number of H-pyrrole nitrogens is 1. The summed E-state index contributed by atoms with van der Waals surface area (Å²) in [5.74, 6) is 1.87. The first-order chi connectivity index (χ1) is 12.3. The van der Waals surface area contributed by atoms with Gasteiger partial charge in [-0.25, -0.2) is 19.9 Å². The Morgan fingerprint density at radius 1 is 1.12 bits per heavy atom. The fourth-order valence-corrected chi connectivity index (χ4v) is 3.24. The number of imidazole rings is 1. The number of hydrogen-bond acceptors (Lipinski definition) is 7. The van der Waals surface area contributed by atoms with Gasteiger partial charge in [0, 0.05) is 45.0 Å². The molecule has 0 spiro atoms. The van der Waals surface area contributed by atoms with Crippen molar-refractivity contribution in [2.45, 2.75) is 13.0 Å². The van der Waals surface area contributed by atoms with Crippen LogP contribution in [0.1, 0.15) is 6.92 Å². The third-order valence-corrected chi connectivity index (χ3v) is 4.48. The summed E-state index contributed by atoms with van der Waals surface area (Å²) < 4.78 is 0. The van der Waals surface area contributed by atoms with Crippen LogP contribution in [0.3, 0.4) is 0 Å². The predicted octanol–water partition coefficient (Wildman–Crippen LogP) is 1.37. The molecular formula is C17H22N8. The summed E-state index contributed by atoms with van der Waals surface area (Å²) in [6.45, 7) is 7.22. The Bertz CT molecular complexity index is 810. The van der Waals surface area contributed by atoms with Crippen molar-refractivity contribution in [3.8, 4) is 0 Å². The van der Waals surface area contributed by atoms with Crippen LogP contribution in [0.2, 0.25) is 0 Å². The molecule has 4 rings (SSSR count). The predicted molar refractivity (Wildman–Crippen MR) is 97.7 cm³/mol. The molecule has 0 aliphatic carbocycles. The van der Waals surface area contributed by atoms with E-state index >= 15 is 0 Å². The van der Waals surface area contributed by atoms with E-state index in [1.807, 2.05) is 18.3 Å². The van der Waals surface area contributed by atoms with Crippen molar-refractivity contribution in [2.24, 2.45) is 0 Å². The smallest absolute Gasteiger partial charge is 0.182 e. The van der Waals surface area contributed by atoms with Crippen LogP contribution in [0.5, 0.6) is 0 Å². The molecule has 3 aromatic heterocycles. The number of piperazine rings is 1. The van der Waals surface area contributed by atoms with Crippen molar-refractivity contribution in [3.05, 3.63) is 37.1 Å². The second kappa shape index (κ2) is 7.02. The molecule has 1 saturated heterocycles. The minimum absolute atomic E-state index is 0.280. The highest BCUT2D eigenvalue weighted by atomic mass is 15.3. The lowest BCUT2D eigenvalue weighted by atomic mass is 10.2. The van der Waals surface area contributed by atoms with Gasteiger partial charge in [0.05, 0.1) is 6.33 Å². The normalized spacial score (nSPS) is 16.9. The molecule has 0 bridgehead atoms. The van der Waals surface area contributed by atoms with Gasteiger partial charge in [0.25, 0.3) is 0 Å². The maximum atomic E-state index is 4.44. The lowest BCUT2D eigenvalue weighted by Crippen LogP contribution is -2.49. The van der Waals surface area contributed by atoms with Crippen LogP contribution in [0.25, 0.3) is 11.2 Å². The molecule has 25 heavy (non-hydrogen) atoms. The Morgan fingerprint density at radius 2 is 2.00 bits per heavy atom. The Labute approximate surface area is 146 Å². The highest BCUT2D eigenvalue weighted by molar-refractivity contribution is 5.82. The standard InChI is InChI=1S/C17H22N8/c1-13(23-17-15-16(20-11-19-15)21-12-22-17)10-24-6-8-25(9-7-24)14-4-2-3-5-18-14/h2-5,11-13H,6-10H2,1H3,(H2,19,20,21,22,23). The molecule has 8 heteroatoms. The van der Waals surface area contributed by atoms with Crippen LogP contribution in [-0.2, 0) is 0 Å². The van der Waals surface area contributed by atoms with E-state index in [9.17, 15) is 0 Å². The quantitative estimate of drug-likeness (QED) is 0.726. The van der Waals surface area contributed by atoms with Crippen molar-refractivity contribution >= 4 is 22.8 Å². The largest absolute Gasteiger partial charge is 0.364 e. The Balaban J connectivity index is 1.32. The molecule has 1 aliphatic heterocycles. The van der Waals surface area contributed by atoms with Crippen LogP contribution < -0.4 is 10.2 Å². The Morgan fingerprint density at radius 3 is 2.80 bits per heavy atom. The summed E-state index contributed by atoms with van der Waals surface area (Å²) in [7, 11) is 0. The summed E-state index contributed by atoms with van der Waals surface area (Å²) in [6.07, 6.45) is 5.04. The van der Waals surface area contributed by atoms with Crippen molar-refractivity contribution in [3.63, 3.8) is 0 Å². The van der Waals surface area contributed by atoms with Crippen molar-refractivity contribution in [1.29, 1.82) is 0 Å². The van der Waals surface area contributed by atoms with Gasteiger partial charge >= 0.3 is 0 Å². The summed E-state index contributed by atoms with van der Waals surface area (Å²) in [6, 6.07) is 6.35. The maximum absolute atomic E-state index is 4.44. The first kappa shape index (κ1) is 15.8. The van der Waals surface area contributed by atoms with Gasteiger partial charge in [-0.2, -0.15) is 0 Å². The third kappa shape index (κ3) is 3.53. The van der Waals surface area contributed by atoms with E-state index in [1.54, 1.807) is 12.7 Å². The number of aromatic nitrogens is 5. The number of hydrogen-bond donors (Lipinski definition) is 2. The number of aromatic amines is 1. The van der Waals surface area contributed by atoms with Crippen LogP contribution in [0.4, 0.5) is 11.6 Å². The molecule has 0 amide bonds. The molecule has 0 aromatic carbocycles. The highest BCUT2D eigenvalue weighted by Gasteiger charge is 2.19. The number of nitrogens with zero attached hydrogens (tertiary/aromatic N) is 6. The van der Waals surface area contributed by atoms with Crippen molar-refractivity contribution in [2.75, 3.05) is 42.9 Å². The summed E-state index contributed by atoms with van der Waals surface area (Å²) in [5.41, 5.74) is 1.54. The molecule has 1 aliphatic rings. The molecule has 1 fully saturated rings. The molecule has 8 nitrogen and oxygen atoms in total. The third-order valence-electron chi connectivity index (χ3n) is 4.48. The van der Waals surface area contributed by atoms with Crippen LogP contribution in [0, 0.1) is 0 Å². The van der Waals surface area contributed by atoms with Crippen LogP contribution in [0.15, 0.2) is 37.1 Å². The summed E-state index contributed by atoms with van der Waals surface area (Å²) in [5, 5.41) is 3.47. The van der Waals surface area contributed by atoms with Gasteiger partial charge in [0.15, 0.2) is 11.5 Å². The minimum atomic E-state index is 0.280. The second-order valence-corrected chi connectivity index (χ2v) is 6.34. The molecule has 3 aromatic rings. The van der Waals surface area contributed by atoms with Crippen molar-refractivity contribution in [1.82, 2.24) is 29.8 Å². The zero-order valence-electron chi connectivity index (χ0n) is 14.3. The number of nitrogens with one attached hydrogen (secondary N) is 2. The van der Waals surface area contributed by atoms with E-state index in [4.69, 9.17) is 0 Å². The molecule has 0 radical (unpaired) electrons. The lowest BCUT2D eigenvalue weighted by Gasteiger charge is -2.36. The van der Waals surface area contributed by atoms with Gasteiger partial charge in [-0.05, 0) is 19.1 Å². The van der Waals surface area contributed by atoms with Gasteiger partial charge in [-0.3, -0.25) is 4.90 Å². The zero-order valence-corrected chi connectivity index (χ0v) is 14.3. The number of anilines is 2. The average molecular weight is 338 g/mol. The molecule has 130 valence electrons. The van der Waals surface area contributed by atoms with Crippen LogP contribution >= 0.6 is 0 Å². The van der Waals surface area contributed by atoms with Gasteiger partial charge in [-0.1, -0.05) is 6.07 Å². The van der Waals surface area contributed by atoms with Crippen molar-refractivity contribution < 1.29 is 0 Å². The highest BCUT2D eigenvalue weighted by Crippen LogP contribution is 2.16. The number of rotatable bonds is 5. The Hall–Kier alpha value is -2.74. The van der Waals surface area contributed by atoms with Gasteiger partial charge in [0.2, 0.25) is 0 Å². The summed E-state index contributed by atoms with van der Waals surface area (Å²) >= 11 is 0. The van der Waals surface area contributed by atoms with E-state index in [2.05, 4.69) is 53.0 Å². The van der Waals surface area contributed by atoms with E-state index in [0.717, 1.165) is 49.9 Å². The molecular weight excluding hydrogens is 316 g/mol. The first-order valence-electron chi connectivity index (χ1n) is 8.58. The SMILES string of the molecule is CC(CN1CCN(c2ccccn2)CC1)Nc1ncnc2nc[nH]c12. The number of pyridine rings is 1. The minimum Gasteiger partial charge on any atom is -0.364 e. The van der Waals surface area contributed by atoms with E-state index < -0.39 is 0 Å². The van der Waals surface area contributed by atoms with E-state index in [0.29, 0.717) is 5.65 Å². The number of fused-ring (bicyclic) bond motifs is 1. The second-order valence-electron chi connectivity index (χ2n) is 6.34. The fourth-order valence-electron chi connectivity index (χ4n) is 3.24. The fraction of sp³-hybridized carbons (Fsp3) is 0.412. The zero-order chi connectivity index (χ0) is 17.1. The molecule has 4 heterocycles. The monoisotopic (exact) mass is 338 g/mol.